The van der Waals surface area contributed by atoms with Crippen LogP contribution in [0.5, 0.6) is 11.5 Å². The second-order valence-corrected chi connectivity index (χ2v) is 11.0. The molecule has 1 aromatic carbocycles. The average molecular weight is 593 g/mol. The number of benzene rings is 1. The Labute approximate surface area is 240 Å². The number of carbonyl (C=O) groups excluding carboxylic acids is 2. The van der Waals surface area contributed by atoms with Gasteiger partial charge in [0, 0.05) is 11.8 Å². The molecule has 1 saturated carbocycles. The minimum Gasteiger partial charge on any atom is -0.489 e. The van der Waals surface area contributed by atoms with Gasteiger partial charge in [0.15, 0.2) is 23.0 Å². The van der Waals surface area contributed by atoms with Crippen molar-refractivity contribution in [3.05, 3.63) is 58.7 Å². The number of ether oxygens (including phenoxy) is 3. The highest BCUT2D eigenvalue weighted by Gasteiger charge is 2.29. The first-order valence-corrected chi connectivity index (χ1v) is 13.4. The number of alkyl carbamates (subject to hydrolysis) is 1. The minimum absolute atomic E-state index is 0.00692. The van der Waals surface area contributed by atoms with Gasteiger partial charge in [-0.2, -0.15) is 8.78 Å². The average Bonchev–Trinajstić information content (AvgIpc) is 3.61. The molecular weight excluding hydrogens is 562 g/mol. The van der Waals surface area contributed by atoms with E-state index in [-0.39, 0.29) is 35.4 Å². The fraction of sp³-hybridized carbons (Fsp3) is 0.429. The van der Waals surface area contributed by atoms with Crippen LogP contribution in [0.1, 0.15) is 68.5 Å². The zero-order valence-corrected chi connectivity index (χ0v) is 23.8. The third-order valence-corrected chi connectivity index (χ3v) is 6.02. The summed E-state index contributed by atoms with van der Waals surface area (Å²) in [7, 11) is 0. The number of halogens is 3. The summed E-state index contributed by atoms with van der Waals surface area (Å²) in [4.78, 5) is 34.2. The molecule has 1 aliphatic rings. The monoisotopic (exact) mass is 592 g/mol. The lowest BCUT2D eigenvalue weighted by Crippen LogP contribution is -2.34. The van der Waals surface area contributed by atoms with Crippen LogP contribution in [-0.4, -0.2) is 40.8 Å². The Morgan fingerprint density at radius 1 is 1.17 bits per heavy atom. The maximum absolute atomic E-state index is 13.2. The van der Waals surface area contributed by atoms with Gasteiger partial charge < -0.3 is 29.3 Å². The second kappa shape index (κ2) is 12.7. The van der Waals surface area contributed by atoms with Crippen LogP contribution in [0.4, 0.5) is 13.6 Å². The number of rotatable bonds is 11. The molecule has 13 heteroatoms. The third-order valence-electron chi connectivity index (χ3n) is 5.79. The second-order valence-electron chi connectivity index (χ2n) is 10.5. The van der Waals surface area contributed by atoms with Crippen LogP contribution in [0.25, 0.3) is 11.5 Å². The van der Waals surface area contributed by atoms with Gasteiger partial charge in [0.1, 0.15) is 5.60 Å². The van der Waals surface area contributed by atoms with Crippen molar-refractivity contribution in [1.29, 1.82) is 0 Å². The Morgan fingerprint density at radius 3 is 2.56 bits per heavy atom. The molecule has 0 saturated heterocycles. The SMILES string of the molecule is CC(NC(=O)OC(C)(C)C)c1oc(-c2ccc(OC(F)F)c(OCC3CC3)c2)nc1C(=O)NCc1ccc(Cl)cn1. The summed E-state index contributed by atoms with van der Waals surface area (Å²) >= 11 is 5.88. The molecule has 4 rings (SSSR count). The number of carbonyl (C=O) groups is 2. The number of alkyl halides is 2. The maximum atomic E-state index is 13.2. The molecule has 3 aromatic rings. The van der Waals surface area contributed by atoms with Crippen LogP contribution < -0.4 is 20.1 Å². The van der Waals surface area contributed by atoms with Crippen LogP contribution in [0.3, 0.4) is 0 Å². The van der Waals surface area contributed by atoms with Gasteiger partial charge in [-0.1, -0.05) is 11.6 Å². The van der Waals surface area contributed by atoms with E-state index in [9.17, 15) is 18.4 Å². The van der Waals surface area contributed by atoms with Crippen molar-refractivity contribution in [3.8, 4) is 23.0 Å². The normalized spacial score (nSPS) is 14.0. The molecule has 10 nitrogen and oxygen atoms in total. The Balaban J connectivity index is 1.63. The Hall–Kier alpha value is -3.93. The van der Waals surface area contributed by atoms with Crippen molar-refractivity contribution in [2.24, 2.45) is 5.92 Å². The Kier molecular flexibility index (Phi) is 9.31. The van der Waals surface area contributed by atoms with Crippen molar-refractivity contribution in [1.82, 2.24) is 20.6 Å². The van der Waals surface area contributed by atoms with Crippen LogP contribution in [0, 0.1) is 5.92 Å². The predicted molar refractivity (Wildman–Crippen MR) is 145 cm³/mol. The number of pyridine rings is 1. The fourth-order valence-corrected chi connectivity index (χ4v) is 3.78. The largest absolute Gasteiger partial charge is 0.489 e. The van der Waals surface area contributed by atoms with Gasteiger partial charge in [-0.3, -0.25) is 9.78 Å². The smallest absolute Gasteiger partial charge is 0.408 e. The van der Waals surface area contributed by atoms with Gasteiger partial charge in [0.05, 0.1) is 29.9 Å². The molecule has 1 fully saturated rings. The molecule has 0 aliphatic heterocycles. The quantitative estimate of drug-likeness (QED) is 0.266. The number of hydrogen-bond acceptors (Lipinski definition) is 8. The number of nitrogens with one attached hydrogen (secondary N) is 2. The van der Waals surface area contributed by atoms with E-state index in [1.807, 2.05) is 0 Å². The lowest BCUT2D eigenvalue weighted by atomic mass is 10.2. The number of amides is 2. The van der Waals surface area contributed by atoms with Gasteiger partial charge in [0.2, 0.25) is 5.89 Å². The topological polar surface area (TPSA) is 125 Å². The van der Waals surface area contributed by atoms with E-state index in [1.54, 1.807) is 39.8 Å². The highest BCUT2D eigenvalue weighted by molar-refractivity contribution is 6.30. The first-order valence-electron chi connectivity index (χ1n) is 13.0. The van der Waals surface area contributed by atoms with Gasteiger partial charge >= 0.3 is 12.7 Å². The highest BCUT2D eigenvalue weighted by atomic mass is 35.5. The van der Waals surface area contributed by atoms with Crippen molar-refractivity contribution in [2.75, 3.05) is 6.61 Å². The van der Waals surface area contributed by atoms with E-state index >= 15 is 0 Å². The van der Waals surface area contributed by atoms with Gasteiger partial charge in [-0.15, -0.1) is 0 Å². The third kappa shape index (κ3) is 8.78. The lowest BCUT2D eigenvalue weighted by Gasteiger charge is -2.21. The van der Waals surface area contributed by atoms with Crippen LogP contribution in [-0.2, 0) is 11.3 Å². The first kappa shape index (κ1) is 30.0. The van der Waals surface area contributed by atoms with Crippen LogP contribution in [0.15, 0.2) is 40.9 Å². The van der Waals surface area contributed by atoms with E-state index < -0.39 is 30.3 Å². The summed E-state index contributed by atoms with van der Waals surface area (Å²) in [6.45, 7) is 4.15. The number of nitrogens with zero attached hydrogens (tertiary/aromatic N) is 2. The molecule has 2 aromatic heterocycles. The fourth-order valence-electron chi connectivity index (χ4n) is 3.67. The Morgan fingerprint density at radius 2 is 1.93 bits per heavy atom. The zero-order valence-electron chi connectivity index (χ0n) is 23.0. The molecule has 1 atom stereocenters. The van der Waals surface area contributed by atoms with E-state index in [4.69, 9.17) is 25.5 Å². The lowest BCUT2D eigenvalue weighted by molar-refractivity contribution is -0.0515. The number of oxazole rings is 1. The molecular formula is C28H31ClF2N4O6. The van der Waals surface area contributed by atoms with Gasteiger partial charge in [-0.25, -0.2) is 9.78 Å². The van der Waals surface area contributed by atoms with E-state index in [0.29, 0.717) is 28.8 Å². The molecule has 0 spiro atoms. The maximum Gasteiger partial charge on any atom is 0.408 e. The summed E-state index contributed by atoms with van der Waals surface area (Å²) in [5.74, 6) is -0.212. The summed E-state index contributed by atoms with van der Waals surface area (Å²) < 4.78 is 47.6. The molecule has 2 amide bonds. The minimum atomic E-state index is -3.04. The molecule has 1 unspecified atom stereocenters. The first-order chi connectivity index (χ1) is 19.4. The highest BCUT2D eigenvalue weighted by Crippen LogP contribution is 2.37. The molecule has 0 radical (unpaired) electrons. The molecule has 2 heterocycles. The number of aromatic nitrogens is 2. The van der Waals surface area contributed by atoms with E-state index in [2.05, 4.69) is 25.3 Å². The summed E-state index contributed by atoms with van der Waals surface area (Å²) in [5.41, 5.74) is 0.0635. The predicted octanol–water partition coefficient (Wildman–Crippen LogP) is 6.30. The standard InChI is InChI=1S/C28H31ClF2N4O6/c1-15(34-27(37)41-28(2,3)4)23-22(24(36)33-13-19-9-8-18(29)12-32-19)35-25(40-23)17-7-10-20(39-26(30)31)21(11-17)38-14-16-5-6-16/h7-12,15-16,26H,5-6,13-14H2,1-4H3,(H,33,36)(H,34,37). The Bertz CT molecular complexity index is 1370. The van der Waals surface area contributed by atoms with Gasteiger partial charge in [0.25, 0.3) is 5.91 Å². The molecule has 0 bridgehead atoms. The van der Waals surface area contributed by atoms with Crippen LogP contribution in [0.2, 0.25) is 5.02 Å². The summed E-state index contributed by atoms with van der Waals surface area (Å²) in [6, 6.07) is 6.72. The molecule has 1 aliphatic carbocycles. The van der Waals surface area contributed by atoms with E-state index in [1.165, 1.54) is 24.4 Å². The summed E-state index contributed by atoms with van der Waals surface area (Å²) in [6.07, 6.45) is 2.74. The van der Waals surface area contributed by atoms with Crippen LogP contribution >= 0.6 is 11.6 Å². The van der Waals surface area contributed by atoms with Gasteiger partial charge in [-0.05, 0) is 76.8 Å². The molecule has 2 N–H and O–H groups in total. The molecule has 41 heavy (non-hydrogen) atoms. The zero-order chi connectivity index (χ0) is 29.7. The van der Waals surface area contributed by atoms with Crippen molar-refractivity contribution < 1.29 is 37.0 Å². The number of hydrogen-bond donors (Lipinski definition) is 2. The van der Waals surface area contributed by atoms with Crippen molar-refractivity contribution in [2.45, 2.75) is 65.3 Å². The summed E-state index contributed by atoms with van der Waals surface area (Å²) in [5, 5.41) is 5.83. The molecule has 220 valence electrons. The van der Waals surface area contributed by atoms with E-state index in [0.717, 1.165) is 12.8 Å². The van der Waals surface area contributed by atoms with Crippen molar-refractivity contribution in [3.63, 3.8) is 0 Å². The van der Waals surface area contributed by atoms with Crippen molar-refractivity contribution >= 4 is 23.6 Å².